The van der Waals surface area contributed by atoms with Crippen molar-refractivity contribution in [2.24, 2.45) is 0 Å². The van der Waals surface area contributed by atoms with Gasteiger partial charge in [0, 0.05) is 13.5 Å². The van der Waals surface area contributed by atoms with Crippen LogP contribution in [0.25, 0.3) is 6.08 Å². The van der Waals surface area contributed by atoms with Gasteiger partial charge in [-0.1, -0.05) is 18.2 Å². The van der Waals surface area contributed by atoms with Crippen LogP contribution >= 0.6 is 0 Å². The average molecular weight is 371 g/mol. The molecule has 0 unspecified atom stereocenters. The van der Waals surface area contributed by atoms with Gasteiger partial charge in [0.05, 0.1) is 22.3 Å². The molecule has 1 fully saturated rings. The van der Waals surface area contributed by atoms with Crippen molar-refractivity contribution >= 4 is 31.0 Å². The summed E-state index contributed by atoms with van der Waals surface area (Å²) in [5.74, 6) is -1.55. The maximum atomic E-state index is 12.1. The highest BCUT2D eigenvalue weighted by molar-refractivity contribution is 6.56. The summed E-state index contributed by atoms with van der Waals surface area (Å²) in [5.41, 5.74) is 0.463. The zero-order chi connectivity index (χ0) is 20.0. The van der Waals surface area contributed by atoms with Gasteiger partial charge in [-0.05, 0) is 44.8 Å². The Morgan fingerprint density at radius 2 is 1.74 bits per heavy atom. The Kier molecular flexibility index (Phi) is 4.73. The first-order valence-electron chi connectivity index (χ1n) is 8.72. The maximum absolute atomic E-state index is 12.1. The van der Waals surface area contributed by atoms with E-state index in [0.717, 1.165) is 0 Å². The van der Waals surface area contributed by atoms with Crippen LogP contribution in [0.5, 0.6) is 0 Å². The van der Waals surface area contributed by atoms with Crippen molar-refractivity contribution in [1.29, 1.82) is 0 Å². The zero-order valence-corrected chi connectivity index (χ0v) is 16.0. The minimum absolute atomic E-state index is 0.179. The second-order valence-corrected chi connectivity index (χ2v) is 7.66. The predicted molar refractivity (Wildman–Crippen MR) is 98.9 cm³/mol. The van der Waals surface area contributed by atoms with Crippen LogP contribution in [-0.2, 0) is 18.8 Å². The summed E-state index contributed by atoms with van der Waals surface area (Å²) in [7, 11) is -0.703. The van der Waals surface area contributed by atoms with Crippen LogP contribution in [-0.4, -0.2) is 42.7 Å². The molecule has 0 bridgehead atoms. The van der Waals surface area contributed by atoms with Gasteiger partial charge in [-0.3, -0.25) is 4.79 Å². The molecule has 1 aromatic rings. The van der Waals surface area contributed by atoms with Crippen LogP contribution in [0.15, 0.2) is 23.7 Å². The van der Waals surface area contributed by atoms with Crippen molar-refractivity contribution in [3.05, 3.63) is 40.4 Å². The Balaban J connectivity index is 2.02. The van der Waals surface area contributed by atoms with E-state index < -0.39 is 30.3 Å². The average Bonchev–Trinajstić information content (AvgIpc) is 2.96. The standard InChI is InChI=1S/C19H22BNO6/c1-11(22)21-10-13(20-26-18(2,3)19(4,5)27-20)9-12-7-6-8-14-15(12)17(24)25-16(14)23/h6-9H,10H2,1-5H3,(H,21,22). The van der Waals surface area contributed by atoms with E-state index in [1.54, 1.807) is 24.3 Å². The van der Waals surface area contributed by atoms with Crippen LogP contribution in [0.4, 0.5) is 0 Å². The zero-order valence-electron chi connectivity index (χ0n) is 16.0. The predicted octanol–water partition coefficient (Wildman–Crippen LogP) is 2.15. The quantitative estimate of drug-likeness (QED) is 0.496. The number of amides is 1. The normalized spacial score (nSPS) is 20.5. The highest BCUT2D eigenvalue weighted by Gasteiger charge is 2.52. The van der Waals surface area contributed by atoms with E-state index in [2.05, 4.69) is 5.32 Å². The minimum Gasteiger partial charge on any atom is -0.400 e. The van der Waals surface area contributed by atoms with Crippen LogP contribution in [0.2, 0.25) is 0 Å². The molecule has 3 rings (SSSR count). The Morgan fingerprint density at radius 3 is 2.33 bits per heavy atom. The summed E-state index contributed by atoms with van der Waals surface area (Å²) in [6, 6.07) is 4.92. The third kappa shape index (κ3) is 3.55. The minimum atomic E-state index is -0.703. The number of nitrogens with one attached hydrogen (secondary N) is 1. The molecule has 0 radical (unpaired) electrons. The number of cyclic esters (lactones) is 2. The van der Waals surface area contributed by atoms with Gasteiger partial charge in [-0.25, -0.2) is 9.59 Å². The number of fused-ring (bicyclic) bond motifs is 1. The first-order valence-corrected chi connectivity index (χ1v) is 8.72. The summed E-state index contributed by atoms with van der Waals surface area (Å²) in [6.07, 6.45) is 1.71. The molecule has 0 saturated carbocycles. The third-order valence-electron chi connectivity index (χ3n) is 5.14. The maximum Gasteiger partial charge on any atom is 0.492 e. The van der Waals surface area contributed by atoms with Gasteiger partial charge in [0.25, 0.3) is 0 Å². The van der Waals surface area contributed by atoms with Crippen molar-refractivity contribution in [1.82, 2.24) is 5.32 Å². The fraction of sp³-hybridized carbons (Fsp3) is 0.421. The van der Waals surface area contributed by atoms with E-state index >= 15 is 0 Å². The number of carbonyl (C=O) groups is 3. The van der Waals surface area contributed by atoms with Gasteiger partial charge < -0.3 is 19.4 Å². The molecule has 2 heterocycles. The van der Waals surface area contributed by atoms with Crippen LogP contribution < -0.4 is 5.32 Å². The van der Waals surface area contributed by atoms with Crippen molar-refractivity contribution in [3.63, 3.8) is 0 Å². The molecule has 8 heteroatoms. The summed E-state index contributed by atoms with van der Waals surface area (Å²) in [5, 5.41) is 2.73. The number of hydrogen-bond acceptors (Lipinski definition) is 6. The van der Waals surface area contributed by atoms with E-state index in [1.165, 1.54) is 6.92 Å². The highest BCUT2D eigenvalue weighted by Crippen LogP contribution is 2.39. The molecule has 27 heavy (non-hydrogen) atoms. The molecule has 0 aliphatic carbocycles. The fourth-order valence-corrected chi connectivity index (χ4v) is 2.90. The summed E-state index contributed by atoms with van der Waals surface area (Å²) in [6.45, 7) is 9.31. The molecule has 0 aromatic heterocycles. The second kappa shape index (κ2) is 6.62. The number of hydrogen-bond donors (Lipinski definition) is 1. The molecular weight excluding hydrogens is 349 g/mol. The Bertz CT molecular complexity index is 842. The molecule has 1 N–H and O–H groups in total. The topological polar surface area (TPSA) is 90.9 Å². The highest BCUT2D eigenvalue weighted by atomic mass is 16.7. The van der Waals surface area contributed by atoms with Gasteiger partial charge in [0.15, 0.2) is 0 Å². The van der Waals surface area contributed by atoms with E-state index in [9.17, 15) is 14.4 Å². The van der Waals surface area contributed by atoms with E-state index in [-0.39, 0.29) is 23.6 Å². The van der Waals surface area contributed by atoms with Crippen molar-refractivity contribution in [3.8, 4) is 0 Å². The number of benzene rings is 1. The first kappa shape index (κ1) is 19.3. The van der Waals surface area contributed by atoms with Crippen LogP contribution in [0, 0.1) is 0 Å². The Hall–Kier alpha value is -2.45. The molecule has 2 aliphatic heterocycles. The van der Waals surface area contributed by atoms with Gasteiger partial charge in [0.2, 0.25) is 5.91 Å². The lowest BCUT2D eigenvalue weighted by Crippen LogP contribution is -2.41. The summed E-state index contributed by atoms with van der Waals surface area (Å²) in [4.78, 5) is 35.3. The molecule has 2 aliphatic rings. The number of carbonyl (C=O) groups excluding carboxylic acids is 3. The van der Waals surface area contributed by atoms with E-state index in [0.29, 0.717) is 11.0 Å². The first-order chi connectivity index (χ1) is 12.5. The fourth-order valence-electron chi connectivity index (χ4n) is 2.90. The Labute approximate surface area is 158 Å². The molecule has 1 aromatic carbocycles. The largest absolute Gasteiger partial charge is 0.492 e. The van der Waals surface area contributed by atoms with Crippen LogP contribution in [0.1, 0.15) is 60.9 Å². The van der Waals surface area contributed by atoms with Crippen molar-refractivity contribution in [2.75, 3.05) is 6.54 Å². The van der Waals surface area contributed by atoms with Gasteiger partial charge in [0.1, 0.15) is 0 Å². The lowest BCUT2D eigenvalue weighted by molar-refractivity contribution is -0.118. The monoisotopic (exact) mass is 371 g/mol. The molecule has 142 valence electrons. The van der Waals surface area contributed by atoms with Crippen molar-refractivity contribution < 1.29 is 28.4 Å². The van der Waals surface area contributed by atoms with Gasteiger partial charge in [-0.2, -0.15) is 0 Å². The number of ether oxygens (including phenoxy) is 1. The SMILES string of the molecule is CC(=O)NCC(=Cc1cccc2c1C(=O)OC2=O)B1OC(C)(C)C(C)(C)O1. The molecule has 1 amide bonds. The molecule has 1 saturated heterocycles. The van der Waals surface area contributed by atoms with Crippen LogP contribution in [0.3, 0.4) is 0 Å². The van der Waals surface area contributed by atoms with Gasteiger partial charge >= 0.3 is 19.1 Å². The number of rotatable bonds is 4. The van der Waals surface area contributed by atoms with E-state index in [1.807, 2.05) is 27.7 Å². The van der Waals surface area contributed by atoms with Gasteiger partial charge in [-0.15, -0.1) is 0 Å². The smallest absolute Gasteiger partial charge is 0.400 e. The third-order valence-corrected chi connectivity index (χ3v) is 5.14. The lowest BCUT2D eigenvalue weighted by Gasteiger charge is -2.32. The molecule has 7 nitrogen and oxygen atoms in total. The Morgan fingerprint density at radius 1 is 1.11 bits per heavy atom. The summed E-state index contributed by atoms with van der Waals surface area (Å²) < 4.78 is 16.9. The van der Waals surface area contributed by atoms with E-state index in [4.69, 9.17) is 14.0 Å². The second-order valence-electron chi connectivity index (χ2n) is 7.66. The molecule has 0 atom stereocenters. The number of esters is 2. The molecular formula is C19H22BNO6. The molecule has 0 spiro atoms. The van der Waals surface area contributed by atoms with Crippen molar-refractivity contribution in [2.45, 2.75) is 45.8 Å². The lowest BCUT2D eigenvalue weighted by atomic mass is 9.76. The summed E-state index contributed by atoms with van der Waals surface area (Å²) >= 11 is 0.